The Morgan fingerprint density at radius 2 is 1.82 bits per heavy atom. The SMILES string of the molecule is Cc1ccc(N2C(=O)C3C(Cl)C3(C)C2=O)cc1. The van der Waals surface area contributed by atoms with Crippen molar-refractivity contribution in [3.8, 4) is 0 Å². The second kappa shape index (κ2) is 3.10. The second-order valence-corrected chi connectivity index (χ2v) is 5.45. The average molecular weight is 250 g/mol. The Labute approximate surface area is 104 Å². The number of halogens is 1. The molecule has 0 bridgehead atoms. The van der Waals surface area contributed by atoms with Gasteiger partial charge in [0.1, 0.15) is 0 Å². The molecule has 1 saturated heterocycles. The van der Waals surface area contributed by atoms with Gasteiger partial charge in [-0.15, -0.1) is 11.6 Å². The molecule has 1 aromatic rings. The molecule has 3 unspecified atom stereocenters. The van der Waals surface area contributed by atoms with Crippen LogP contribution in [0.25, 0.3) is 0 Å². The molecule has 2 amide bonds. The number of fused-ring (bicyclic) bond motifs is 1. The normalized spacial score (nSPS) is 35.1. The van der Waals surface area contributed by atoms with E-state index in [0.717, 1.165) is 5.56 Å². The molecule has 0 N–H and O–H groups in total. The summed E-state index contributed by atoms with van der Waals surface area (Å²) in [6.45, 7) is 3.73. The van der Waals surface area contributed by atoms with Crippen molar-refractivity contribution >= 4 is 29.1 Å². The van der Waals surface area contributed by atoms with E-state index in [-0.39, 0.29) is 23.1 Å². The summed E-state index contributed by atoms with van der Waals surface area (Å²) in [7, 11) is 0. The lowest BCUT2D eigenvalue weighted by Crippen LogP contribution is -2.36. The minimum Gasteiger partial charge on any atom is -0.274 e. The molecule has 17 heavy (non-hydrogen) atoms. The smallest absolute Gasteiger partial charge is 0.242 e. The molecule has 1 aromatic carbocycles. The number of carbonyl (C=O) groups excluding carboxylic acids is 2. The van der Waals surface area contributed by atoms with Crippen molar-refractivity contribution in [3.05, 3.63) is 29.8 Å². The molecule has 1 heterocycles. The van der Waals surface area contributed by atoms with E-state index in [2.05, 4.69) is 0 Å². The van der Waals surface area contributed by atoms with Gasteiger partial charge < -0.3 is 0 Å². The molecule has 0 radical (unpaired) electrons. The van der Waals surface area contributed by atoms with Gasteiger partial charge in [0.2, 0.25) is 11.8 Å². The van der Waals surface area contributed by atoms with E-state index in [0.29, 0.717) is 5.69 Å². The number of aryl methyl sites for hydroxylation is 1. The molecule has 1 saturated carbocycles. The molecule has 1 aliphatic heterocycles. The number of rotatable bonds is 1. The van der Waals surface area contributed by atoms with Crippen LogP contribution in [0.15, 0.2) is 24.3 Å². The van der Waals surface area contributed by atoms with Crippen LogP contribution in [0.1, 0.15) is 12.5 Å². The van der Waals surface area contributed by atoms with Gasteiger partial charge in [0.15, 0.2) is 0 Å². The molecule has 3 rings (SSSR count). The highest BCUT2D eigenvalue weighted by atomic mass is 35.5. The number of benzene rings is 1. The molecule has 4 heteroatoms. The van der Waals surface area contributed by atoms with Crippen molar-refractivity contribution in [2.45, 2.75) is 19.2 Å². The summed E-state index contributed by atoms with van der Waals surface area (Å²) >= 11 is 5.99. The summed E-state index contributed by atoms with van der Waals surface area (Å²) in [6, 6.07) is 7.37. The van der Waals surface area contributed by atoms with Gasteiger partial charge in [0.25, 0.3) is 0 Å². The Morgan fingerprint density at radius 1 is 1.24 bits per heavy atom. The van der Waals surface area contributed by atoms with Crippen LogP contribution in [-0.2, 0) is 9.59 Å². The molecule has 3 atom stereocenters. The fourth-order valence-electron chi connectivity index (χ4n) is 2.51. The molecule has 3 nitrogen and oxygen atoms in total. The van der Waals surface area contributed by atoms with Gasteiger partial charge in [-0.25, -0.2) is 4.90 Å². The lowest BCUT2D eigenvalue weighted by Gasteiger charge is -2.19. The zero-order valence-corrected chi connectivity index (χ0v) is 10.4. The fraction of sp³-hybridized carbons (Fsp3) is 0.385. The summed E-state index contributed by atoms with van der Waals surface area (Å²) < 4.78 is 0. The molecule has 88 valence electrons. The van der Waals surface area contributed by atoms with Crippen molar-refractivity contribution in [2.75, 3.05) is 4.90 Å². The number of anilines is 1. The lowest BCUT2D eigenvalue weighted by molar-refractivity contribution is -0.124. The second-order valence-electron chi connectivity index (χ2n) is 4.98. The molecule has 2 aliphatic rings. The van der Waals surface area contributed by atoms with E-state index < -0.39 is 5.41 Å². The summed E-state index contributed by atoms with van der Waals surface area (Å²) in [6.07, 6.45) is 0. The van der Waals surface area contributed by atoms with Crippen LogP contribution in [0.3, 0.4) is 0 Å². The summed E-state index contributed by atoms with van der Waals surface area (Å²) in [4.78, 5) is 25.5. The van der Waals surface area contributed by atoms with Crippen molar-refractivity contribution in [2.24, 2.45) is 11.3 Å². The summed E-state index contributed by atoms with van der Waals surface area (Å²) in [5.74, 6) is -0.671. The molecule has 0 aromatic heterocycles. The Bertz CT molecular complexity index is 525. The first-order chi connectivity index (χ1) is 7.98. The van der Waals surface area contributed by atoms with E-state index >= 15 is 0 Å². The maximum atomic E-state index is 12.2. The molecule has 2 fully saturated rings. The van der Waals surface area contributed by atoms with Crippen LogP contribution in [0.2, 0.25) is 0 Å². The van der Waals surface area contributed by atoms with E-state index in [9.17, 15) is 9.59 Å². The Morgan fingerprint density at radius 3 is 2.29 bits per heavy atom. The van der Waals surface area contributed by atoms with Gasteiger partial charge in [-0.3, -0.25) is 9.59 Å². The van der Waals surface area contributed by atoms with Crippen molar-refractivity contribution in [1.82, 2.24) is 0 Å². The third-order valence-electron chi connectivity index (χ3n) is 3.85. The predicted octanol–water partition coefficient (Wildman–Crippen LogP) is 2.11. The van der Waals surface area contributed by atoms with Crippen LogP contribution in [0.4, 0.5) is 5.69 Å². The van der Waals surface area contributed by atoms with Crippen molar-refractivity contribution in [3.63, 3.8) is 0 Å². The summed E-state index contributed by atoms with van der Waals surface area (Å²) in [5, 5.41) is -0.329. The molecular weight excluding hydrogens is 238 g/mol. The summed E-state index contributed by atoms with van der Waals surface area (Å²) in [5.41, 5.74) is 1.06. The van der Waals surface area contributed by atoms with Gasteiger partial charge in [-0.2, -0.15) is 0 Å². The molecule has 0 spiro atoms. The minimum atomic E-state index is -0.677. The zero-order valence-electron chi connectivity index (χ0n) is 9.61. The number of alkyl halides is 1. The van der Waals surface area contributed by atoms with Crippen LogP contribution in [-0.4, -0.2) is 17.2 Å². The maximum Gasteiger partial charge on any atom is 0.242 e. The first-order valence-electron chi connectivity index (χ1n) is 5.57. The van der Waals surface area contributed by atoms with Gasteiger partial charge in [0.05, 0.1) is 22.4 Å². The van der Waals surface area contributed by atoms with E-state index in [1.54, 1.807) is 19.1 Å². The fourth-order valence-corrected chi connectivity index (χ4v) is 3.04. The number of hydrogen-bond donors (Lipinski definition) is 0. The molecular formula is C13H12ClNO2. The third kappa shape index (κ3) is 1.18. The van der Waals surface area contributed by atoms with E-state index in [4.69, 9.17) is 11.6 Å². The van der Waals surface area contributed by atoms with Crippen molar-refractivity contribution < 1.29 is 9.59 Å². The Hall–Kier alpha value is -1.35. The van der Waals surface area contributed by atoms with Gasteiger partial charge in [0, 0.05) is 0 Å². The first-order valence-corrected chi connectivity index (χ1v) is 6.00. The van der Waals surface area contributed by atoms with E-state index in [1.165, 1.54) is 4.90 Å². The Kier molecular flexibility index (Phi) is 1.97. The number of piperidine rings is 1. The maximum absolute atomic E-state index is 12.2. The highest BCUT2D eigenvalue weighted by Crippen LogP contribution is 2.62. The number of carbonyl (C=O) groups is 2. The standard InChI is InChI=1S/C13H12ClNO2/c1-7-3-5-8(6-4-7)15-11(16)9-10(14)13(9,2)12(15)17/h3-6,9-10H,1-2H3. The predicted molar refractivity (Wildman–Crippen MR) is 64.9 cm³/mol. The van der Waals surface area contributed by atoms with Crippen LogP contribution < -0.4 is 4.90 Å². The zero-order chi connectivity index (χ0) is 12.4. The number of hydrogen-bond acceptors (Lipinski definition) is 2. The first kappa shape index (κ1) is 10.8. The van der Waals surface area contributed by atoms with E-state index in [1.807, 2.05) is 19.1 Å². The van der Waals surface area contributed by atoms with Crippen LogP contribution >= 0.6 is 11.6 Å². The van der Waals surface area contributed by atoms with Gasteiger partial charge in [-0.1, -0.05) is 17.7 Å². The van der Waals surface area contributed by atoms with Crippen molar-refractivity contribution in [1.29, 1.82) is 0 Å². The molecule has 1 aliphatic carbocycles. The van der Waals surface area contributed by atoms with Crippen LogP contribution in [0.5, 0.6) is 0 Å². The average Bonchev–Trinajstić information content (AvgIpc) is 2.77. The van der Waals surface area contributed by atoms with Gasteiger partial charge >= 0.3 is 0 Å². The highest BCUT2D eigenvalue weighted by Gasteiger charge is 2.76. The minimum absolute atomic E-state index is 0.165. The topological polar surface area (TPSA) is 37.4 Å². The lowest BCUT2D eigenvalue weighted by atomic mass is 10.1. The highest BCUT2D eigenvalue weighted by molar-refractivity contribution is 6.37. The van der Waals surface area contributed by atoms with Crippen LogP contribution in [0, 0.1) is 18.3 Å². The number of amides is 2. The quantitative estimate of drug-likeness (QED) is 0.565. The largest absolute Gasteiger partial charge is 0.274 e. The number of nitrogens with zero attached hydrogens (tertiary/aromatic N) is 1. The third-order valence-corrected chi connectivity index (χ3v) is 4.55. The number of imide groups is 1. The Balaban J connectivity index is 1.99. The van der Waals surface area contributed by atoms with Gasteiger partial charge in [-0.05, 0) is 26.0 Å². The monoisotopic (exact) mass is 249 g/mol.